The Morgan fingerprint density at radius 2 is 1.84 bits per heavy atom. The van der Waals surface area contributed by atoms with E-state index in [-0.39, 0.29) is 37.6 Å². The highest BCUT2D eigenvalue weighted by Gasteiger charge is 2.34. The largest absolute Gasteiger partial charge is 0.497 e. The Balaban J connectivity index is 1.51. The molecule has 228 valence electrons. The molecule has 1 aliphatic carbocycles. The molecule has 2 amide bonds. The van der Waals surface area contributed by atoms with Crippen LogP contribution in [0.4, 0.5) is 0 Å². The van der Waals surface area contributed by atoms with Gasteiger partial charge >= 0.3 is 5.63 Å². The monoisotopic (exact) mass is 596 g/mol. The standard InChI is InChI=1S/C35H36N2O7/c1-23-8-3-5-12-31(23)43-29-20-26(33(39)36-15-17-38)19-27(22-29)37(16-14-24-9-7-11-28(18-24)42-2)34(40)30-21-25-10-4-6-13-32(25)44-35(30)41/h3-13,18,20-21,27,29,38H,14-17,19,22H2,1-2H3,(H,36,39)/t27-,29+/m1/s1. The topological polar surface area (TPSA) is 118 Å². The summed E-state index contributed by atoms with van der Waals surface area (Å²) in [5.74, 6) is 0.552. The normalized spacial score (nSPS) is 16.2. The number of aliphatic hydroxyl groups excluding tert-OH is 1. The van der Waals surface area contributed by atoms with E-state index in [1.54, 1.807) is 42.4 Å². The van der Waals surface area contributed by atoms with E-state index in [0.717, 1.165) is 11.1 Å². The van der Waals surface area contributed by atoms with Gasteiger partial charge in [-0.25, -0.2) is 4.79 Å². The number of nitrogens with zero attached hydrogens (tertiary/aromatic N) is 1. The Hall–Kier alpha value is -4.89. The van der Waals surface area contributed by atoms with E-state index in [9.17, 15) is 19.5 Å². The van der Waals surface area contributed by atoms with Crippen LogP contribution in [0.5, 0.6) is 11.5 Å². The molecular weight excluding hydrogens is 560 g/mol. The van der Waals surface area contributed by atoms with E-state index in [1.165, 1.54) is 0 Å². The summed E-state index contributed by atoms with van der Waals surface area (Å²) in [4.78, 5) is 42.2. The molecule has 0 unspecified atom stereocenters. The zero-order valence-corrected chi connectivity index (χ0v) is 24.8. The molecule has 2 atom stereocenters. The number of carbonyl (C=O) groups excluding carboxylic acids is 2. The number of methoxy groups -OCH3 is 1. The van der Waals surface area contributed by atoms with E-state index in [4.69, 9.17) is 13.9 Å². The van der Waals surface area contributed by atoms with Gasteiger partial charge in [-0.15, -0.1) is 0 Å². The minimum atomic E-state index is -0.722. The van der Waals surface area contributed by atoms with Gasteiger partial charge in [-0.1, -0.05) is 48.5 Å². The number of amides is 2. The van der Waals surface area contributed by atoms with E-state index in [2.05, 4.69) is 5.32 Å². The second-order valence-electron chi connectivity index (χ2n) is 10.8. The smallest absolute Gasteiger partial charge is 0.349 e. The second-order valence-corrected chi connectivity index (χ2v) is 10.8. The van der Waals surface area contributed by atoms with Crippen molar-refractivity contribution in [2.45, 2.75) is 38.3 Å². The Kier molecular flexibility index (Phi) is 9.76. The molecular formula is C35H36N2O7. The van der Waals surface area contributed by atoms with Gasteiger partial charge in [-0.3, -0.25) is 9.59 Å². The zero-order valence-electron chi connectivity index (χ0n) is 24.8. The Labute approximate surface area is 255 Å². The van der Waals surface area contributed by atoms with Crippen LogP contribution in [0.1, 0.15) is 34.3 Å². The number of ether oxygens (including phenoxy) is 2. The van der Waals surface area contributed by atoms with Crippen LogP contribution in [0, 0.1) is 6.92 Å². The van der Waals surface area contributed by atoms with Crippen LogP contribution in [0.15, 0.2) is 99.7 Å². The molecule has 4 aromatic rings. The summed E-state index contributed by atoms with van der Waals surface area (Å²) in [7, 11) is 1.60. The Morgan fingerprint density at radius 1 is 1.05 bits per heavy atom. The molecule has 5 rings (SSSR count). The molecule has 9 nitrogen and oxygen atoms in total. The number of aliphatic hydroxyl groups is 1. The minimum Gasteiger partial charge on any atom is -0.497 e. The molecule has 9 heteroatoms. The van der Waals surface area contributed by atoms with Gasteiger partial charge in [0.15, 0.2) is 0 Å². The number of carbonyl (C=O) groups is 2. The molecule has 0 saturated heterocycles. The van der Waals surface area contributed by atoms with Crippen molar-refractivity contribution in [3.05, 3.63) is 118 Å². The van der Waals surface area contributed by atoms with Crippen molar-refractivity contribution in [2.24, 2.45) is 0 Å². The maximum atomic E-state index is 14.3. The van der Waals surface area contributed by atoms with E-state index in [0.29, 0.717) is 40.9 Å². The van der Waals surface area contributed by atoms with Gasteiger partial charge in [-0.2, -0.15) is 0 Å². The Bertz CT molecular complexity index is 1730. The molecule has 1 aliphatic rings. The van der Waals surface area contributed by atoms with Crippen LogP contribution in [-0.2, 0) is 11.2 Å². The van der Waals surface area contributed by atoms with Gasteiger partial charge in [0, 0.05) is 36.5 Å². The molecule has 0 fully saturated rings. The first kappa shape index (κ1) is 30.6. The highest BCUT2D eigenvalue weighted by Crippen LogP contribution is 2.30. The van der Waals surface area contributed by atoms with Gasteiger partial charge < -0.3 is 29.2 Å². The summed E-state index contributed by atoms with van der Waals surface area (Å²) in [5, 5.41) is 12.6. The van der Waals surface area contributed by atoms with Crippen molar-refractivity contribution >= 4 is 22.8 Å². The first-order valence-corrected chi connectivity index (χ1v) is 14.6. The number of nitrogens with one attached hydrogen (secondary N) is 1. The minimum absolute atomic E-state index is 0.0773. The van der Waals surface area contributed by atoms with Crippen molar-refractivity contribution in [3.63, 3.8) is 0 Å². The van der Waals surface area contributed by atoms with Crippen molar-refractivity contribution in [3.8, 4) is 11.5 Å². The first-order valence-electron chi connectivity index (χ1n) is 14.6. The fraction of sp³-hybridized carbons (Fsp3) is 0.286. The van der Waals surface area contributed by atoms with Crippen molar-refractivity contribution in [1.82, 2.24) is 10.2 Å². The fourth-order valence-electron chi connectivity index (χ4n) is 5.48. The highest BCUT2D eigenvalue weighted by molar-refractivity contribution is 5.97. The summed E-state index contributed by atoms with van der Waals surface area (Å²) in [5.41, 5.74) is 1.93. The summed E-state index contributed by atoms with van der Waals surface area (Å²) in [6.07, 6.45) is 2.38. The lowest BCUT2D eigenvalue weighted by Gasteiger charge is -2.37. The molecule has 44 heavy (non-hydrogen) atoms. The summed E-state index contributed by atoms with van der Waals surface area (Å²) in [6.45, 7) is 2.11. The van der Waals surface area contributed by atoms with Crippen LogP contribution < -0.4 is 20.4 Å². The third-order valence-electron chi connectivity index (χ3n) is 7.76. The van der Waals surface area contributed by atoms with Crippen LogP contribution in [0.25, 0.3) is 11.0 Å². The quantitative estimate of drug-likeness (QED) is 0.246. The average Bonchev–Trinajstić information content (AvgIpc) is 3.04. The van der Waals surface area contributed by atoms with Crippen LogP contribution in [0.2, 0.25) is 0 Å². The number of benzene rings is 3. The molecule has 0 aliphatic heterocycles. The predicted molar refractivity (Wildman–Crippen MR) is 167 cm³/mol. The van der Waals surface area contributed by atoms with Gasteiger partial charge in [0.1, 0.15) is 28.7 Å². The van der Waals surface area contributed by atoms with E-state index < -0.39 is 23.7 Å². The van der Waals surface area contributed by atoms with Crippen LogP contribution >= 0.6 is 0 Å². The maximum absolute atomic E-state index is 14.3. The van der Waals surface area contributed by atoms with Crippen molar-refractivity contribution < 1.29 is 28.6 Å². The molecule has 0 spiro atoms. The fourth-order valence-corrected chi connectivity index (χ4v) is 5.48. The summed E-state index contributed by atoms with van der Waals surface area (Å²) < 4.78 is 17.3. The third kappa shape index (κ3) is 7.18. The molecule has 1 heterocycles. The van der Waals surface area contributed by atoms with E-state index in [1.807, 2.05) is 61.5 Å². The summed E-state index contributed by atoms with van der Waals surface area (Å²) >= 11 is 0. The predicted octanol–water partition coefficient (Wildman–Crippen LogP) is 4.44. The lowest BCUT2D eigenvalue weighted by atomic mass is 9.90. The first-order chi connectivity index (χ1) is 21.4. The van der Waals surface area contributed by atoms with Crippen molar-refractivity contribution in [2.75, 3.05) is 26.8 Å². The number of rotatable bonds is 11. The van der Waals surface area contributed by atoms with Crippen LogP contribution in [-0.4, -0.2) is 60.8 Å². The number of fused-ring (bicyclic) bond motifs is 1. The summed E-state index contributed by atoms with van der Waals surface area (Å²) in [6, 6.07) is 23.3. The highest BCUT2D eigenvalue weighted by atomic mass is 16.5. The molecule has 0 radical (unpaired) electrons. The average molecular weight is 597 g/mol. The van der Waals surface area contributed by atoms with Gasteiger partial charge in [0.2, 0.25) is 5.91 Å². The van der Waals surface area contributed by atoms with Gasteiger partial charge in [-0.05, 0) is 67.3 Å². The molecule has 2 N–H and O–H groups in total. The Morgan fingerprint density at radius 3 is 2.64 bits per heavy atom. The maximum Gasteiger partial charge on any atom is 0.349 e. The second kappa shape index (κ2) is 14.1. The van der Waals surface area contributed by atoms with Crippen LogP contribution in [0.3, 0.4) is 0 Å². The van der Waals surface area contributed by atoms with E-state index >= 15 is 0 Å². The van der Waals surface area contributed by atoms with Gasteiger partial charge in [0.25, 0.3) is 5.91 Å². The molecule has 3 aromatic carbocycles. The molecule has 0 bridgehead atoms. The number of hydrogen-bond acceptors (Lipinski definition) is 7. The molecule has 0 saturated carbocycles. The van der Waals surface area contributed by atoms with Gasteiger partial charge in [0.05, 0.1) is 13.7 Å². The SMILES string of the molecule is COc1cccc(CCN(C(=O)c2cc3ccccc3oc2=O)[C@@H]2CC(C(=O)NCCO)=C[C@H](Oc3ccccc3C)C2)c1. The number of aryl methyl sites for hydroxylation is 1. The van der Waals surface area contributed by atoms with Crippen molar-refractivity contribution in [1.29, 1.82) is 0 Å². The zero-order chi connectivity index (χ0) is 31.1. The lowest BCUT2D eigenvalue weighted by Crippen LogP contribution is -2.48. The molecule has 1 aromatic heterocycles. The third-order valence-corrected chi connectivity index (χ3v) is 7.76. The lowest BCUT2D eigenvalue weighted by molar-refractivity contribution is -0.118. The number of hydrogen-bond donors (Lipinski definition) is 2. The number of para-hydroxylation sites is 2.